The van der Waals surface area contributed by atoms with E-state index in [1.807, 2.05) is 42.6 Å². The van der Waals surface area contributed by atoms with E-state index >= 15 is 0 Å². The van der Waals surface area contributed by atoms with E-state index in [1.165, 1.54) is 0 Å². The molecule has 2 aromatic carbocycles. The van der Waals surface area contributed by atoms with Gasteiger partial charge in [-0.25, -0.2) is 4.98 Å². The van der Waals surface area contributed by atoms with Crippen LogP contribution in [0.2, 0.25) is 5.02 Å². The molecule has 2 heterocycles. The molecule has 150 valence electrons. The Morgan fingerprint density at radius 3 is 2.76 bits per heavy atom. The van der Waals surface area contributed by atoms with E-state index in [0.29, 0.717) is 30.3 Å². The summed E-state index contributed by atoms with van der Waals surface area (Å²) in [5.74, 6) is 1.43. The standard InChI is InChI=1S/C22H21ClN2O3S/c1-14-22(26)25(10-3-11-27-18-7-5-17(23)6-8-18)20-12-16(4-9-21(20)28-14)19-13-29-15(2)24-19/h4-9,12-14H,3,10-11H2,1-2H3. The number of anilines is 1. The highest BCUT2D eigenvalue weighted by Crippen LogP contribution is 2.37. The predicted molar refractivity (Wildman–Crippen MR) is 116 cm³/mol. The molecule has 0 bridgehead atoms. The maximum absolute atomic E-state index is 12.8. The lowest BCUT2D eigenvalue weighted by molar-refractivity contribution is -0.125. The van der Waals surface area contributed by atoms with Crippen LogP contribution in [0.25, 0.3) is 11.3 Å². The van der Waals surface area contributed by atoms with E-state index in [1.54, 1.807) is 35.3 Å². The third-order valence-corrected chi connectivity index (χ3v) is 5.72. The molecule has 0 radical (unpaired) electrons. The number of halogens is 1. The first-order valence-electron chi connectivity index (χ1n) is 9.44. The minimum absolute atomic E-state index is 0.0457. The molecule has 1 aliphatic heterocycles. The number of ether oxygens (including phenoxy) is 2. The summed E-state index contributed by atoms with van der Waals surface area (Å²) in [5.41, 5.74) is 2.66. The van der Waals surface area contributed by atoms with Crippen LogP contribution in [0.3, 0.4) is 0 Å². The third-order valence-electron chi connectivity index (χ3n) is 4.69. The summed E-state index contributed by atoms with van der Waals surface area (Å²) < 4.78 is 11.6. The molecule has 1 unspecified atom stereocenters. The first-order chi connectivity index (χ1) is 14.0. The second-order valence-corrected chi connectivity index (χ2v) is 8.34. The highest BCUT2D eigenvalue weighted by atomic mass is 35.5. The average molecular weight is 429 g/mol. The number of hydrogen-bond donors (Lipinski definition) is 0. The lowest BCUT2D eigenvalue weighted by atomic mass is 10.1. The van der Waals surface area contributed by atoms with Gasteiger partial charge in [0.2, 0.25) is 0 Å². The van der Waals surface area contributed by atoms with Crippen LogP contribution in [0.5, 0.6) is 11.5 Å². The Morgan fingerprint density at radius 2 is 2.03 bits per heavy atom. The summed E-state index contributed by atoms with van der Waals surface area (Å²) in [6.45, 7) is 4.81. The average Bonchev–Trinajstić information content (AvgIpc) is 3.15. The molecular formula is C22H21ClN2O3S. The highest BCUT2D eigenvalue weighted by molar-refractivity contribution is 7.09. The Kier molecular flexibility index (Phi) is 5.74. The Morgan fingerprint density at radius 1 is 1.24 bits per heavy atom. The zero-order chi connectivity index (χ0) is 20.4. The van der Waals surface area contributed by atoms with Crippen LogP contribution in [0.15, 0.2) is 47.8 Å². The summed E-state index contributed by atoms with van der Waals surface area (Å²) in [6, 6.07) is 13.1. The molecule has 5 nitrogen and oxygen atoms in total. The zero-order valence-electron chi connectivity index (χ0n) is 16.2. The highest BCUT2D eigenvalue weighted by Gasteiger charge is 2.31. The van der Waals surface area contributed by atoms with Crippen molar-refractivity contribution in [1.29, 1.82) is 0 Å². The molecule has 0 aliphatic carbocycles. The van der Waals surface area contributed by atoms with Crippen LogP contribution < -0.4 is 14.4 Å². The normalized spacial score (nSPS) is 15.8. The molecule has 0 saturated carbocycles. The molecule has 3 aromatic rings. The van der Waals surface area contributed by atoms with Gasteiger partial charge in [-0.2, -0.15) is 0 Å². The lowest BCUT2D eigenvalue weighted by Gasteiger charge is -2.33. The molecule has 1 aromatic heterocycles. The van der Waals surface area contributed by atoms with Crippen molar-refractivity contribution in [2.75, 3.05) is 18.1 Å². The van der Waals surface area contributed by atoms with Crippen molar-refractivity contribution in [3.63, 3.8) is 0 Å². The molecule has 7 heteroatoms. The second kappa shape index (κ2) is 8.43. The van der Waals surface area contributed by atoms with Gasteiger partial charge >= 0.3 is 0 Å². The number of aromatic nitrogens is 1. The summed E-state index contributed by atoms with van der Waals surface area (Å²) >= 11 is 7.50. The number of fused-ring (bicyclic) bond motifs is 1. The summed E-state index contributed by atoms with van der Waals surface area (Å²) in [5, 5.41) is 3.71. The minimum Gasteiger partial charge on any atom is -0.494 e. The summed E-state index contributed by atoms with van der Waals surface area (Å²) in [7, 11) is 0. The van der Waals surface area contributed by atoms with Crippen molar-refractivity contribution in [3.05, 3.63) is 57.9 Å². The van der Waals surface area contributed by atoms with Gasteiger partial charge in [0.1, 0.15) is 11.5 Å². The van der Waals surface area contributed by atoms with E-state index < -0.39 is 6.10 Å². The number of nitrogens with zero attached hydrogens (tertiary/aromatic N) is 2. The summed E-state index contributed by atoms with van der Waals surface area (Å²) in [6.07, 6.45) is 0.188. The van der Waals surface area contributed by atoms with Gasteiger partial charge in [-0.1, -0.05) is 11.6 Å². The Bertz CT molecular complexity index is 1020. The molecule has 1 amide bonds. The van der Waals surface area contributed by atoms with Gasteiger partial charge in [0.05, 0.1) is 23.0 Å². The van der Waals surface area contributed by atoms with Gasteiger partial charge in [-0.15, -0.1) is 11.3 Å². The van der Waals surface area contributed by atoms with Crippen molar-refractivity contribution in [2.45, 2.75) is 26.4 Å². The number of carbonyl (C=O) groups excluding carboxylic acids is 1. The van der Waals surface area contributed by atoms with E-state index in [2.05, 4.69) is 4.98 Å². The number of benzene rings is 2. The van der Waals surface area contributed by atoms with E-state index in [9.17, 15) is 4.79 Å². The number of rotatable bonds is 6. The fourth-order valence-electron chi connectivity index (χ4n) is 3.24. The Labute approximate surface area is 178 Å². The molecule has 0 spiro atoms. The molecule has 1 atom stereocenters. The largest absolute Gasteiger partial charge is 0.494 e. The number of aryl methyl sites for hydroxylation is 1. The maximum atomic E-state index is 12.8. The lowest BCUT2D eigenvalue weighted by Crippen LogP contribution is -2.45. The molecule has 1 aliphatic rings. The molecule has 29 heavy (non-hydrogen) atoms. The smallest absolute Gasteiger partial charge is 0.267 e. The topological polar surface area (TPSA) is 51.7 Å². The fraction of sp³-hybridized carbons (Fsp3) is 0.273. The number of carbonyl (C=O) groups is 1. The fourth-order valence-corrected chi connectivity index (χ4v) is 3.98. The van der Waals surface area contributed by atoms with Crippen molar-refractivity contribution in [2.24, 2.45) is 0 Å². The zero-order valence-corrected chi connectivity index (χ0v) is 17.8. The van der Waals surface area contributed by atoms with Gasteiger partial charge in [0.15, 0.2) is 6.10 Å². The predicted octanol–water partition coefficient (Wildman–Crippen LogP) is 5.35. The Hall–Kier alpha value is -2.57. The van der Waals surface area contributed by atoms with Gasteiger partial charge < -0.3 is 14.4 Å². The minimum atomic E-state index is -0.507. The first kappa shape index (κ1) is 19.7. The van der Waals surface area contributed by atoms with Crippen LogP contribution in [0.4, 0.5) is 5.69 Å². The molecular weight excluding hydrogens is 408 g/mol. The SMILES string of the molecule is Cc1nc(-c2ccc3c(c2)N(CCCOc2ccc(Cl)cc2)C(=O)C(C)O3)cs1. The Balaban J connectivity index is 1.48. The number of thiazole rings is 1. The van der Waals surface area contributed by atoms with Crippen molar-refractivity contribution in [1.82, 2.24) is 4.98 Å². The van der Waals surface area contributed by atoms with E-state index in [-0.39, 0.29) is 5.91 Å². The summed E-state index contributed by atoms with van der Waals surface area (Å²) in [4.78, 5) is 19.1. The monoisotopic (exact) mass is 428 g/mol. The van der Waals surface area contributed by atoms with Crippen LogP contribution in [-0.4, -0.2) is 30.1 Å². The number of hydrogen-bond acceptors (Lipinski definition) is 5. The van der Waals surface area contributed by atoms with Gasteiger partial charge in [-0.3, -0.25) is 4.79 Å². The van der Waals surface area contributed by atoms with Crippen LogP contribution in [0.1, 0.15) is 18.4 Å². The van der Waals surface area contributed by atoms with E-state index in [0.717, 1.165) is 27.7 Å². The van der Waals surface area contributed by atoms with Crippen molar-refractivity contribution >= 4 is 34.5 Å². The first-order valence-corrected chi connectivity index (χ1v) is 10.7. The molecule has 4 rings (SSSR count). The quantitative estimate of drug-likeness (QED) is 0.496. The van der Waals surface area contributed by atoms with Crippen LogP contribution in [0, 0.1) is 6.92 Å². The molecule has 0 fully saturated rings. The molecule has 0 saturated heterocycles. The van der Waals surface area contributed by atoms with Crippen LogP contribution in [-0.2, 0) is 4.79 Å². The van der Waals surface area contributed by atoms with Gasteiger partial charge in [0.25, 0.3) is 5.91 Å². The number of amides is 1. The maximum Gasteiger partial charge on any atom is 0.267 e. The second-order valence-electron chi connectivity index (χ2n) is 6.84. The third kappa shape index (κ3) is 4.38. The van der Waals surface area contributed by atoms with Crippen molar-refractivity contribution < 1.29 is 14.3 Å². The molecule has 0 N–H and O–H groups in total. The van der Waals surface area contributed by atoms with Gasteiger partial charge in [-0.05, 0) is 62.7 Å². The van der Waals surface area contributed by atoms with Gasteiger partial charge in [0, 0.05) is 22.5 Å². The van der Waals surface area contributed by atoms with Crippen LogP contribution >= 0.6 is 22.9 Å². The van der Waals surface area contributed by atoms with E-state index in [4.69, 9.17) is 21.1 Å². The van der Waals surface area contributed by atoms with Crippen molar-refractivity contribution in [3.8, 4) is 22.8 Å².